The van der Waals surface area contributed by atoms with E-state index in [0.29, 0.717) is 12.2 Å². The van der Waals surface area contributed by atoms with Gasteiger partial charge in [-0.3, -0.25) is 0 Å². The lowest BCUT2D eigenvalue weighted by Gasteiger charge is -2.08. The summed E-state index contributed by atoms with van der Waals surface area (Å²) in [6.45, 7) is 1.43. The van der Waals surface area contributed by atoms with Gasteiger partial charge in [0.05, 0.1) is 11.9 Å². The monoisotopic (exact) mass is 263 g/mol. The summed E-state index contributed by atoms with van der Waals surface area (Å²) < 4.78 is 15.1. The average molecular weight is 263 g/mol. The lowest BCUT2D eigenvalue weighted by molar-refractivity contribution is 0.0696. The topological polar surface area (TPSA) is 67.2 Å². The van der Waals surface area contributed by atoms with Gasteiger partial charge in [-0.05, 0) is 24.6 Å². The molecule has 1 aromatic carbocycles. The van der Waals surface area contributed by atoms with Gasteiger partial charge in [-0.2, -0.15) is 0 Å². The molecule has 0 aliphatic rings. The molecule has 100 valence electrons. The number of aromatic carboxylic acids is 1. The molecule has 0 atom stereocenters. The maximum absolute atomic E-state index is 13.2. The summed E-state index contributed by atoms with van der Waals surface area (Å²) in [6, 6.07) is 3.70. The highest BCUT2D eigenvalue weighted by molar-refractivity contribution is 5.88. The SMILES string of the molecule is O=C(O)c1cc(F)cc(NCCCn2ccnc2)c1. The standard InChI is InChI=1S/C13H14FN3O2/c14-11-6-10(13(18)19)7-12(8-11)16-2-1-4-17-5-3-15-9-17/h3,5-9,16H,1-2,4H2,(H,18,19). The number of imidazole rings is 1. The fraction of sp³-hybridized carbons (Fsp3) is 0.231. The molecule has 2 N–H and O–H groups in total. The first-order chi connectivity index (χ1) is 9.15. The molecule has 6 heteroatoms. The van der Waals surface area contributed by atoms with Crippen LogP contribution in [0.1, 0.15) is 16.8 Å². The normalized spacial score (nSPS) is 10.4. The highest BCUT2D eigenvalue weighted by Gasteiger charge is 2.06. The van der Waals surface area contributed by atoms with Crippen LogP contribution in [0.15, 0.2) is 36.9 Å². The number of carbonyl (C=O) groups is 1. The Kier molecular flexibility index (Phi) is 4.12. The van der Waals surface area contributed by atoms with Crippen molar-refractivity contribution < 1.29 is 14.3 Å². The number of carboxylic acid groups (broad SMARTS) is 1. The van der Waals surface area contributed by atoms with Gasteiger partial charge in [0.25, 0.3) is 0 Å². The Balaban J connectivity index is 1.87. The highest BCUT2D eigenvalue weighted by Crippen LogP contribution is 2.14. The number of nitrogens with zero attached hydrogens (tertiary/aromatic N) is 2. The average Bonchev–Trinajstić information content (AvgIpc) is 2.87. The lowest BCUT2D eigenvalue weighted by atomic mass is 10.2. The molecule has 2 rings (SSSR count). The van der Waals surface area contributed by atoms with Crippen molar-refractivity contribution in [2.24, 2.45) is 0 Å². The van der Waals surface area contributed by atoms with Crippen molar-refractivity contribution >= 4 is 11.7 Å². The van der Waals surface area contributed by atoms with Gasteiger partial charge in [0, 0.05) is 31.2 Å². The fourth-order valence-electron chi connectivity index (χ4n) is 1.73. The summed E-state index contributed by atoms with van der Waals surface area (Å²) in [5.41, 5.74) is 0.417. The Bertz CT molecular complexity index is 555. The summed E-state index contributed by atoms with van der Waals surface area (Å²) in [6.07, 6.45) is 6.13. The third-order valence-electron chi connectivity index (χ3n) is 2.63. The third kappa shape index (κ3) is 3.80. The minimum Gasteiger partial charge on any atom is -0.478 e. The summed E-state index contributed by atoms with van der Waals surface area (Å²) >= 11 is 0. The van der Waals surface area contributed by atoms with Crippen LogP contribution >= 0.6 is 0 Å². The van der Waals surface area contributed by atoms with Crippen LogP contribution in [0, 0.1) is 5.82 Å². The fourth-order valence-corrected chi connectivity index (χ4v) is 1.73. The number of anilines is 1. The second kappa shape index (κ2) is 5.99. The molecule has 0 fully saturated rings. The molecule has 0 spiro atoms. The number of halogens is 1. The van der Waals surface area contributed by atoms with Crippen LogP contribution in [0.25, 0.3) is 0 Å². The number of aromatic nitrogens is 2. The first kappa shape index (κ1) is 13.1. The van der Waals surface area contributed by atoms with E-state index in [9.17, 15) is 9.18 Å². The molecule has 0 bridgehead atoms. The Hall–Kier alpha value is -2.37. The number of benzene rings is 1. The predicted octanol–water partition coefficient (Wildman–Crippen LogP) is 2.22. The van der Waals surface area contributed by atoms with Crippen LogP contribution in [0.4, 0.5) is 10.1 Å². The number of hydrogen-bond donors (Lipinski definition) is 2. The Labute approximate surface area is 109 Å². The van der Waals surface area contributed by atoms with Crippen molar-refractivity contribution in [3.05, 3.63) is 48.3 Å². The lowest BCUT2D eigenvalue weighted by Crippen LogP contribution is -2.07. The van der Waals surface area contributed by atoms with Gasteiger partial charge in [0.1, 0.15) is 5.82 Å². The minimum atomic E-state index is -1.14. The van der Waals surface area contributed by atoms with E-state index in [0.717, 1.165) is 19.0 Å². The molecule has 0 saturated carbocycles. The van der Waals surface area contributed by atoms with Crippen LogP contribution in [-0.2, 0) is 6.54 Å². The number of rotatable bonds is 6. The molecule has 1 aromatic heterocycles. The third-order valence-corrected chi connectivity index (χ3v) is 2.63. The van der Waals surface area contributed by atoms with Crippen LogP contribution in [0.3, 0.4) is 0 Å². The van der Waals surface area contributed by atoms with E-state index < -0.39 is 11.8 Å². The molecule has 0 radical (unpaired) electrons. The first-order valence-corrected chi connectivity index (χ1v) is 5.88. The van der Waals surface area contributed by atoms with Crippen LogP contribution in [-0.4, -0.2) is 27.2 Å². The van der Waals surface area contributed by atoms with E-state index in [4.69, 9.17) is 5.11 Å². The summed E-state index contributed by atoms with van der Waals surface area (Å²) in [5, 5.41) is 11.8. The highest BCUT2D eigenvalue weighted by atomic mass is 19.1. The van der Waals surface area contributed by atoms with E-state index in [1.165, 1.54) is 12.1 Å². The Morgan fingerprint density at radius 1 is 1.42 bits per heavy atom. The van der Waals surface area contributed by atoms with E-state index in [-0.39, 0.29) is 5.56 Å². The maximum atomic E-state index is 13.2. The largest absolute Gasteiger partial charge is 0.478 e. The second-order valence-corrected chi connectivity index (χ2v) is 4.11. The molecule has 0 amide bonds. The van der Waals surface area contributed by atoms with Gasteiger partial charge in [0.2, 0.25) is 0 Å². The molecule has 0 unspecified atom stereocenters. The van der Waals surface area contributed by atoms with Gasteiger partial charge in [-0.25, -0.2) is 14.2 Å². The minimum absolute atomic E-state index is 0.0582. The molecule has 0 aliphatic heterocycles. The number of carboxylic acids is 1. The predicted molar refractivity (Wildman–Crippen MR) is 68.7 cm³/mol. The van der Waals surface area contributed by atoms with Gasteiger partial charge in [0.15, 0.2) is 0 Å². The van der Waals surface area contributed by atoms with Gasteiger partial charge >= 0.3 is 5.97 Å². The maximum Gasteiger partial charge on any atom is 0.335 e. The quantitative estimate of drug-likeness (QED) is 0.784. The van der Waals surface area contributed by atoms with Gasteiger partial charge in [-0.1, -0.05) is 0 Å². The van der Waals surface area contributed by atoms with Crippen LogP contribution in [0.5, 0.6) is 0 Å². The summed E-state index contributed by atoms with van der Waals surface area (Å²) in [5.74, 6) is -1.70. The zero-order valence-electron chi connectivity index (χ0n) is 10.2. The molecule has 19 heavy (non-hydrogen) atoms. The van der Waals surface area contributed by atoms with Crippen molar-refractivity contribution in [1.29, 1.82) is 0 Å². The molecule has 0 saturated heterocycles. The van der Waals surface area contributed by atoms with Crippen molar-refractivity contribution in [2.45, 2.75) is 13.0 Å². The number of hydrogen-bond acceptors (Lipinski definition) is 3. The summed E-state index contributed by atoms with van der Waals surface area (Å²) in [7, 11) is 0. The van der Waals surface area contributed by atoms with Crippen molar-refractivity contribution in [1.82, 2.24) is 9.55 Å². The van der Waals surface area contributed by atoms with E-state index in [1.807, 2.05) is 10.8 Å². The van der Waals surface area contributed by atoms with Crippen LogP contribution < -0.4 is 5.32 Å². The van der Waals surface area contributed by atoms with Gasteiger partial charge < -0.3 is 15.0 Å². The molecule has 5 nitrogen and oxygen atoms in total. The first-order valence-electron chi connectivity index (χ1n) is 5.88. The summed E-state index contributed by atoms with van der Waals surface area (Å²) in [4.78, 5) is 14.7. The molecule has 1 heterocycles. The second-order valence-electron chi connectivity index (χ2n) is 4.11. The number of nitrogens with one attached hydrogen (secondary N) is 1. The van der Waals surface area contributed by atoms with Crippen molar-refractivity contribution in [3.8, 4) is 0 Å². The molecule has 2 aromatic rings. The van der Waals surface area contributed by atoms with Crippen molar-refractivity contribution in [3.63, 3.8) is 0 Å². The molecule has 0 aliphatic carbocycles. The Morgan fingerprint density at radius 2 is 2.26 bits per heavy atom. The molecular formula is C13H14FN3O2. The Morgan fingerprint density at radius 3 is 2.95 bits per heavy atom. The van der Waals surface area contributed by atoms with E-state index in [1.54, 1.807) is 12.5 Å². The van der Waals surface area contributed by atoms with E-state index in [2.05, 4.69) is 10.3 Å². The van der Waals surface area contributed by atoms with Crippen LogP contribution in [0.2, 0.25) is 0 Å². The zero-order chi connectivity index (χ0) is 13.7. The van der Waals surface area contributed by atoms with Gasteiger partial charge in [-0.15, -0.1) is 0 Å². The van der Waals surface area contributed by atoms with Crippen molar-refractivity contribution in [2.75, 3.05) is 11.9 Å². The van der Waals surface area contributed by atoms with E-state index >= 15 is 0 Å². The smallest absolute Gasteiger partial charge is 0.335 e. The number of aryl methyl sites for hydroxylation is 1. The zero-order valence-corrected chi connectivity index (χ0v) is 10.2. The molecular weight excluding hydrogens is 249 g/mol.